The summed E-state index contributed by atoms with van der Waals surface area (Å²) in [5, 5.41) is 13.1. The number of halogens is 1. The quantitative estimate of drug-likeness (QED) is 0.656. The van der Waals surface area contributed by atoms with Gasteiger partial charge in [-0.15, -0.1) is 0 Å². The molecular formula is C8H7ClN2O3S. The summed E-state index contributed by atoms with van der Waals surface area (Å²) in [6, 6.07) is 1.43. The molecule has 0 spiro atoms. The second-order valence-electron chi connectivity index (χ2n) is 3.28. The van der Waals surface area contributed by atoms with Crippen LogP contribution in [0.2, 0.25) is 4.34 Å². The van der Waals surface area contributed by atoms with Crippen LogP contribution in [-0.4, -0.2) is 16.9 Å². The topological polar surface area (TPSA) is 72.2 Å². The maximum atomic E-state index is 11.5. The molecule has 1 N–H and O–H groups in total. The highest BCUT2D eigenvalue weighted by molar-refractivity contribution is 7.19. The summed E-state index contributed by atoms with van der Waals surface area (Å²) in [5.74, 6) is -0.327. The first-order valence-corrected chi connectivity index (χ1v) is 5.52. The molecule has 5 nitrogen and oxygen atoms in total. The van der Waals surface area contributed by atoms with Gasteiger partial charge < -0.3 is 5.32 Å². The molecule has 0 unspecified atom stereocenters. The average molecular weight is 247 g/mol. The van der Waals surface area contributed by atoms with Gasteiger partial charge >= 0.3 is 5.00 Å². The molecule has 0 aromatic carbocycles. The molecule has 80 valence electrons. The lowest BCUT2D eigenvalue weighted by atomic mass is 10.3. The monoisotopic (exact) mass is 246 g/mol. The van der Waals surface area contributed by atoms with Crippen LogP contribution in [0.5, 0.6) is 0 Å². The van der Waals surface area contributed by atoms with Gasteiger partial charge in [0.2, 0.25) is 0 Å². The van der Waals surface area contributed by atoms with Crippen LogP contribution in [0.1, 0.15) is 23.2 Å². The van der Waals surface area contributed by atoms with Gasteiger partial charge in [0.15, 0.2) is 0 Å². The van der Waals surface area contributed by atoms with Crippen molar-refractivity contribution in [3.8, 4) is 0 Å². The van der Waals surface area contributed by atoms with Crippen molar-refractivity contribution in [3.63, 3.8) is 0 Å². The van der Waals surface area contributed by atoms with E-state index >= 15 is 0 Å². The summed E-state index contributed by atoms with van der Waals surface area (Å²) >= 11 is 6.54. The summed E-state index contributed by atoms with van der Waals surface area (Å²) in [4.78, 5) is 21.4. The summed E-state index contributed by atoms with van der Waals surface area (Å²) < 4.78 is 0.167. The van der Waals surface area contributed by atoms with Crippen LogP contribution in [0.3, 0.4) is 0 Å². The van der Waals surface area contributed by atoms with E-state index in [1.54, 1.807) is 0 Å². The molecule has 1 aromatic rings. The number of amides is 1. The Morgan fingerprint density at radius 1 is 1.67 bits per heavy atom. The average Bonchev–Trinajstić information content (AvgIpc) is 2.86. The third-order valence-corrected chi connectivity index (χ3v) is 3.32. The van der Waals surface area contributed by atoms with Crippen LogP contribution >= 0.6 is 22.9 Å². The summed E-state index contributed by atoms with van der Waals surface area (Å²) in [5.41, 5.74) is 0.195. The van der Waals surface area contributed by atoms with E-state index in [0.717, 1.165) is 24.2 Å². The smallest absolute Gasteiger partial charge is 0.326 e. The number of hydrogen-bond acceptors (Lipinski definition) is 4. The van der Waals surface area contributed by atoms with Crippen molar-refractivity contribution in [1.29, 1.82) is 0 Å². The number of carbonyl (C=O) groups excluding carboxylic acids is 1. The number of nitro groups is 1. The first-order valence-electron chi connectivity index (χ1n) is 4.32. The largest absolute Gasteiger partial charge is 0.349 e. The van der Waals surface area contributed by atoms with Crippen molar-refractivity contribution < 1.29 is 9.72 Å². The Labute approximate surface area is 94.2 Å². The standard InChI is InChI=1S/C8H7ClN2O3S/c9-7-5(3-6(15-7)11(13)14)8(12)10-4-1-2-4/h3-4H,1-2H2,(H,10,12). The lowest BCUT2D eigenvalue weighted by Crippen LogP contribution is -2.25. The number of rotatable bonds is 3. The zero-order valence-electron chi connectivity index (χ0n) is 7.53. The van der Waals surface area contributed by atoms with Crippen molar-refractivity contribution in [3.05, 3.63) is 26.1 Å². The van der Waals surface area contributed by atoms with E-state index in [4.69, 9.17) is 11.6 Å². The Kier molecular flexibility index (Phi) is 2.62. The van der Waals surface area contributed by atoms with E-state index in [9.17, 15) is 14.9 Å². The summed E-state index contributed by atoms with van der Waals surface area (Å²) in [7, 11) is 0. The number of carbonyl (C=O) groups is 1. The zero-order valence-corrected chi connectivity index (χ0v) is 9.10. The highest BCUT2D eigenvalue weighted by Gasteiger charge is 2.27. The van der Waals surface area contributed by atoms with Gasteiger partial charge in [0.25, 0.3) is 5.91 Å². The van der Waals surface area contributed by atoms with E-state index in [1.807, 2.05) is 0 Å². The van der Waals surface area contributed by atoms with Crippen LogP contribution in [0.25, 0.3) is 0 Å². The molecule has 1 aromatic heterocycles. The van der Waals surface area contributed by atoms with Gasteiger partial charge in [0.05, 0.1) is 10.5 Å². The van der Waals surface area contributed by atoms with Crippen molar-refractivity contribution in [2.75, 3.05) is 0 Å². The van der Waals surface area contributed by atoms with Gasteiger partial charge in [-0.1, -0.05) is 22.9 Å². The molecule has 15 heavy (non-hydrogen) atoms. The van der Waals surface area contributed by atoms with Crippen LogP contribution in [0.4, 0.5) is 5.00 Å². The molecule has 0 aliphatic heterocycles. The second kappa shape index (κ2) is 3.79. The van der Waals surface area contributed by atoms with Gasteiger partial charge in [0, 0.05) is 12.1 Å². The number of thiophene rings is 1. The fourth-order valence-corrected chi connectivity index (χ4v) is 2.17. The fraction of sp³-hybridized carbons (Fsp3) is 0.375. The number of nitrogens with one attached hydrogen (secondary N) is 1. The maximum absolute atomic E-state index is 11.5. The van der Waals surface area contributed by atoms with Crippen LogP contribution in [-0.2, 0) is 0 Å². The Balaban J connectivity index is 2.18. The van der Waals surface area contributed by atoms with Crippen molar-refractivity contribution in [2.45, 2.75) is 18.9 Å². The molecule has 2 rings (SSSR count). The van der Waals surface area contributed by atoms with Crippen molar-refractivity contribution in [2.24, 2.45) is 0 Å². The first kappa shape index (κ1) is 10.4. The van der Waals surface area contributed by atoms with E-state index in [1.165, 1.54) is 6.07 Å². The second-order valence-corrected chi connectivity index (χ2v) is 4.91. The van der Waals surface area contributed by atoms with Gasteiger partial charge in [-0.05, 0) is 12.8 Å². The van der Waals surface area contributed by atoms with Crippen LogP contribution in [0, 0.1) is 10.1 Å². The minimum atomic E-state index is -0.551. The number of hydrogen-bond donors (Lipinski definition) is 1. The Morgan fingerprint density at radius 3 is 2.80 bits per heavy atom. The van der Waals surface area contributed by atoms with Crippen molar-refractivity contribution in [1.82, 2.24) is 5.32 Å². The normalized spacial score (nSPS) is 15.0. The molecule has 1 heterocycles. The van der Waals surface area contributed by atoms with E-state index in [2.05, 4.69) is 5.32 Å². The first-order chi connectivity index (χ1) is 7.08. The van der Waals surface area contributed by atoms with E-state index in [-0.39, 0.29) is 26.8 Å². The Morgan fingerprint density at radius 2 is 2.33 bits per heavy atom. The predicted octanol–water partition coefficient (Wildman–Crippen LogP) is 2.20. The molecule has 1 fully saturated rings. The van der Waals surface area contributed by atoms with Crippen LogP contribution < -0.4 is 5.32 Å². The number of nitrogens with zero attached hydrogens (tertiary/aromatic N) is 1. The molecule has 7 heteroatoms. The van der Waals surface area contributed by atoms with Gasteiger partial charge in [-0.2, -0.15) is 0 Å². The van der Waals surface area contributed by atoms with E-state index < -0.39 is 4.92 Å². The molecule has 1 amide bonds. The van der Waals surface area contributed by atoms with Crippen LogP contribution in [0.15, 0.2) is 6.07 Å². The highest BCUT2D eigenvalue weighted by atomic mass is 35.5. The lowest BCUT2D eigenvalue weighted by molar-refractivity contribution is -0.380. The zero-order chi connectivity index (χ0) is 11.0. The molecule has 0 atom stereocenters. The maximum Gasteiger partial charge on any atom is 0.326 e. The summed E-state index contributed by atoms with van der Waals surface area (Å²) in [6.07, 6.45) is 1.94. The highest BCUT2D eigenvalue weighted by Crippen LogP contribution is 2.33. The minimum absolute atomic E-state index is 0.110. The molecule has 0 bridgehead atoms. The lowest BCUT2D eigenvalue weighted by Gasteiger charge is -1.99. The Bertz CT molecular complexity index is 428. The molecule has 0 radical (unpaired) electrons. The van der Waals surface area contributed by atoms with Gasteiger partial charge in [0.1, 0.15) is 4.34 Å². The molecule has 0 saturated heterocycles. The third-order valence-electron chi connectivity index (χ3n) is 2.01. The third kappa shape index (κ3) is 2.27. The SMILES string of the molecule is O=C(NC1CC1)c1cc([N+](=O)[O-])sc1Cl. The summed E-state index contributed by atoms with van der Waals surface area (Å²) in [6.45, 7) is 0. The molecule has 1 aliphatic carbocycles. The molecule has 1 saturated carbocycles. The van der Waals surface area contributed by atoms with Gasteiger partial charge in [-0.25, -0.2) is 0 Å². The van der Waals surface area contributed by atoms with E-state index in [0.29, 0.717) is 0 Å². The molecular weight excluding hydrogens is 240 g/mol. The minimum Gasteiger partial charge on any atom is -0.349 e. The van der Waals surface area contributed by atoms with Crippen molar-refractivity contribution >= 4 is 33.8 Å². The fourth-order valence-electron chi connectivity index (χ4n) is 1.09. The van der Waals surface area contributed by atoms with Gasteiger partial charge in [-0.3, -0.25) is 14.9 Å². The Hall–Kier alpha value is -1.14. The predicted molar refractivity (Wildman–Crippen MR) is 56.5 cm³/mol. The molecule has 1 aliphatic rings.